The number of nitrogens with one attached hydrogen (secondary N) is 1. The molecule has 1 N–H and O–H groups in total. The summed E-state index contributed by atoms with van der Waals surface area (Å²) in [4.78, 5) is 2.62. The topological polar surface area (TPSA) is 15.3 Å². The molecule has 2 heterocycles. The summed E-state index contributed by atoms with van der Waals surface area (Å²) in [6.07, 6.45) is 5.22. The Morgan fingerprint density at radius 1 is 0.870 bits per heavy atom. The van der Waals surface area contributed by atoms with Crippen molar-refractivity contribution in [1.82, 2.24) is 10.2 Å². The van der Waals surface area contributed by atoms with Gasteiger partial charge in [0.15, 0.2) is 0 Å². The Hall–Kier alpha value is -1.64. The van der Waals surface area contributed by atoms with Gasteiger partial charge in [0.2, 0.25) is 0 Å². The van der Waals surface area contributed by atoms with E-state index in [9.17, 15) is 0 Å². The lowest BCUT2D eigenvalue weighted by Gasteiger charge is -2.27. The molecule has 1 saturated heterocycles. The van der Waals surface area contributed by atoms with E-state index in [-0.39, 0.29) is 0 Å². The maximum Gasteiger partial charge on any atom is 0.0367 e. The summed E-state index contributed by atoms with van der Waals surface area (Å²) in [6.45, 7) is 4.65. The second-order valence-corrected chi connectivity index (χ2v) is 6.94. The van der Waals surface area contributed by atoms with Crippen LogP contribution in [0.15, 0.2) is 48.5 Å². The maximum atomic E-state index is 3.69. The Labute approximate surface area is 139 Å². The smallest absolute Gasteiger partial charge is 0.0367 e. The summed E-state index contributed by atoms with van der Waals surface area (Å²) in [5.74, 6) is 0. The van der Waals surface area contributed by atoms with E-state index in [1.165, 1.54) is 54.6 Å². The van der Waals surface area contributed by atoms with Gasteiger partial charge < -0.3 is 5.32 Å². The van der Waals surface area contributed by atoms with Crippen molar-refractivity contribution < 1.29 is 0 Å². The molecule has 2 aromatic rings. The molecule has 0 bridgehead atoms. The Morgan fingerprint density at radius 2 is 1.61 bits per heavy atom. The lowest BCUT2D eigenvalue weighted by atomic mass is 9.95. The fourth-order valence-corrected chi connectivity index (χ4v) is 4.05. The summed E-state index contributed by atoms with van der Waals surface area (Å²) in [5.41, 5.74) is 5.97. The molecule has 1 fully saturated rings. The molecule has 0 amide bonds. The molecule has 2 heteroatoms. The van der Waals surface area contributed by atoms with Crippen LogP contribution in [0.1, 0.15) is 47.6 Å². The van der Waals surface area contributed by atoms with E-state index in [2.05, 4.69) is 58.7 Å². The molecule has 1 atom stereocenters. The van der Waals surface area contributed by atoms with Crippen LogP contribution in [0.5, 0.6) is 0 Å². The number of hydrogen-bond donors (Lipinski definition) is 1. The quantitative estimate of drug-likeness (QED) is 0.916. The minimum Gasteiger partial charge on any atom is -0.306 e. The van der Waals surface area contributed by atoms with E-state index in [1.54, 1.807) is 0 Å². The van der Waals surface area contributed by atoms with Crippen molar-refractivity contribution in [1.29, 1.82) is 0 Å². The summed E-state index contributed by atoms with van der Waals surface area (Å²) in [6, 6.07) is 18.3. The van der Waals surface area contributed by atoms with Crippen LogP contribution < -0.4 is 5.32 Å². The van der Waals surface area contributed by atoms with Crippen LogP contribution in [-0.2, 0) is 19.5 Å². The van der Waals surface area contributed by atoms with Crippen LogP contribution in [0, 0.1) is 0 Å². The highest BCUT2D eigenvalue weighted by molar-refractivity contribution is 5.37. The van der Waals surface area contributed by atoms with E-state index in [4.69, 9.17) is 0 Å². The molecule has 2 nitrogen and oxygen atoms in total. The van der Waals surface area contributed by atoms with Gasteiger partial charge in [-0.25, -0.2) is 0 Å². The molecule has 120 valence electrons. The van der Waals surface area contributed by atoms with Gasteiger partial charge in [0.1, 0.15) is 0 Å². The van der Waals surface area contributed by atoms with Gasteiger partial charge in [0.25, 0.3) is 0 Å². The Morgan fingerprint density at radius 3 is 2.48 bits per heavy atom. The van der Waals surface area contributed by atoms with Crippen LogP contribution in [0.4, 0.5) is 0 Å². The third-order valence-corrected chi connectivity index (χ3v) is 5.35. The minimum absolute atomic E-state index is 0.466. The molecule has 4 rings (SSSR count). The first-order valence-corrected chi connectivity index (χ1v) is 9.00. The molecular formula is C21H26N2. The standard InChI is InChI=1S/C21H26N2/c1-6-12-23(13-7-1)16-19-10-3-2-8-17(19)14-21-20-11-5-4-9-18(20)15-22-21/h2-5,8-11,21-22H,1,6-7,12-16H2. The lowest BCUT2D eigenvalue weighted by Crippen LogP contribution is -2.29. The Kier molecular flexibility index (Phi) is 4.45. The molecule has 23 heavy (non-hydrogen) atoms. The summed E-state index contributed by atoms with van der Waals surface area (Å²) >= 11 is 0. The van der Waals surface area contributed by atoms with Gasteiger partial charge in [-0.3, -0.25) is 4.90 Å². The third kappa shape index (κ3) is 3.34. The van der Waals surface area contributed by atoms with Crippen LogP contribution in [0.25, 0.3) is 0 Å². The van der Waals surface area contributed by atoms with E-state index >= 15 is 0 Å². The number of nitrogens with zero attached hydrogens (tertiary/aromatic N) is 1. The van der Waals surface area contributed by atoms with Gasteiger partial charge in [0.05, 0.1) is 0 Å². The highest BCUT2D eigenvalue weighted by Gasteiger charge is 2.22. The zero-order chi connectivity index (χ0) is 15.5. The molecule has 0 spiro atoms. The van der Waals surface area contributed by atoms with Crippen molar-refractivity contribution >= 4 is 0 Å². The number of fused-ring (bicyclic) bond motifs is 1. The molecule has 1 unspecified atom stereocenters. The van der Waals surface area contributed by atoms with Gasteiger partial charge in [-0.15, -0.1) is 0 Å². The average Bonchev–Trinajstić information content (AvgIpc) is 3.01. The van der Waals surface area contributed by atoms with Gasteiger partial charge in [0, 0.05) is 19.1 Å². The molecule has 0 saturated carbocycles. The predicted octanol–water partition coefficient (Wildman–Crippen LogP) is 4.06. The second-order valence-electron chi connectivity index (χ2n) is 6.94. The number of likely N-dealkylation sites (tertiary alicyclic amines) is 1. The predicted molar refractivity (Wildman–Crippen MR) is 95.3 cm³/mol. The zero-order valence-electron chi connectivity index (χ0n) is 13.8. The van der Waals surface area contributed by atoms with Crippen molar-refractivity contribution in [3.63, 3.8) is 0 Å². The first kappa shape index (κ1) is 14.9. The van der Waals surface area contributed by atoms with Crippen LogP contribution in [-0.4, -0.2) is 18.0 Å². The van der Waals surface area contributed by atoms with E-state index in [0.29, 0.717) is 6.04 Å². The molecule has 0 aromatic heterocycles. The highest BCUT2D eigenvalue weighted by Crippen LogP contribution is 2.29. The monoisotopic (exact) mass is 306 g/mol. The number of rotatable bonds is 4. The summed E-state index contributed by atoms with van der Waals surface area (Å²) < 4.78 is 0. The lowest BCUT2D eigenvalue weighted by molar-refractivity contribution is 0.220. The largest absolute Gasteiger partial charge is 0.306 e. The van der Waals surface area contributed by atoms with E-state index in [1.807, 2.05) is 0 Å². The van der Waals surface area contributed by atoms with Gasteiger partial charge in [-0.2, -0.15) is 0 Å². The van der Waals surface area contributed by atoms with Crippen molar-refractivity contribution in [3.8, 4) is 0 Å². The fraction of sp³-hybridized carbons (Fsp3) is 0.429. The van der Waals surface area contributed by atoms with Crippen molar-refractivity contribution in [2.24, 2.45) is 0 Å². The summed E-state index contributed by atoms with van der Waals surface area (Å²) in [5, 5.41) is 3.69. The number of benzene rings is 2. The summed E-state index contributed by atoms with van der Waals surface area (Å²) in [7, 11) is 0. The number of hydrogen-bond acceptors (Lipinski definition) is 2. The van der Waals surface area contributed by atoms with Gasteiger partial charge >= 0.3 is 0 Å². The first-order chi connectivity index (χ1) is 11.4. The zero-order valence-corrected chi connectivity index (χ0v) is 13.8. The minimum atomic E-state index is 0.466. The normalized spacial score (nSPS) is 21.3. The highest BCUT2D eigenvalue weighted by atomic mass is 15.1. The van der Waals surface area contributed by atoms with E-state index in [0.717, 1.165) is 19.5 Å². The molecule has 0 aliphatic carbocycles. The van der Waals surface area contributed by atoms with Crippen molar-refractivity contribution in [2.45, 2.75) is 44.8 Å². The number of piperidine rings is 1. The molecule has 2 aromatic carbocycles. The SMILES string of the molecule is c1ccc(CN2CCCCC2)c(CC2NCc3ccccc32)c1. The van der Waals surface area contributed by atoms with Crippen LogP contribution in [0.3, 0.4) is 0 Å². The van der Waals surface area contributed by atoms with Gasteiger partial charge in [-0.05, 0) is 54.6 Å². The molecule has 2 aliphatic heterocycles. The molecule has 0 radical (unpaired) electrons. The van der Waals surface area contributed by atoms with Gasteiger partial charge in [-0.1, -0.05) is 55.0 Å². The van der Waals surface area contributed by atoms with Crippen LogP contribution in [0.2, 0.25) is 0 Å². The molecular weight excluding hydrogens is 280 g/mol. The Bertz CT molecular complexity index is 658. The Balaban J connectivity index is 1.51. The fourth-order valence-electron chi connectivity index (χ4n) is 4.05. The third-order valence-electron chi connectivity index (χ3n) is 5.35. The molecule has 2 aliphatic rings. The van der Waals surface area contributed by atoms with Crippen molar-refractivity contribution in [2.75, 3.05) is 13.1 Å². The first-order valence-electron chi connectivity index (χ1n) is 9.00. The van der Waals surface area contributed by atoms with Crippen LogP contribution >= 0.6 is 0 Å². The van der Waals surface area contributed by atoms with Crippen molar-refractivity contribution in [3.05, 3.63) is 70.8 Å². The second kappa shape index (κ2) is 6.86. The average molecular weight is 306 g/mol. The maximum absolute atomic E-state index is 3.69. The van der Waals surface area contributed by atoms with E-state index < -0.39 is 0 Å².